The molecule has 1 aromatic carbocycles. The van der Waals surface area contributed by atoms with E-state index in [1.807, 2.05) is 0 Å². The third-order valence-electron chi connectivity index (χ3n) is 1.70. The second kappa shape index (κ2) is 4.88. The molecule has 0 fully saturated rings. The fourth-order valence-corrected chi connectivity index (χ4v) is 1.96. The van der Waals surface area contributed by atoms with Gasteiger partial charge in [-0.3, -0.25) is 4.79 Å². The van der Waals surface area contributed by atoms with Gasteiger partial charge in [-0.25, -0.2) is 0 Å². The van der Waals surface area contributed by atoms with Gasteiger partial charge in [-0.1, -0.05) is 10.5 Å². The largest absolute Gasteiger partial charge is 0.334 e. The Morgan fingerprint density at radius 2 is 1.93 bits per heavy atom. The number of Topliss-reactive ketones (excluding diaryl/α,β-unsaturated/α-hetero) is 1. The SMILES string of the molecule is CS(C)(O)Nc1ccc(C(=O)CCl)cc1. The van der Waals surface area contributed by atoms with Gasteiger partial charge in [0.2, 0.25) is 0 Å². The van der Waals surface area contributed by atoms with Crippen LogP contribution in [-0.4, -0.2) is 28.7 Å². The van der Waals surface area contributed by atoms with E-state index in [9.17, 15) is 9.35 Å². The van der Waals surface area contributed by atoms with Gasteiger partial charge < -0.3 is 9.27 Å². The molecule has 2 N–H and O–H groups in total. The molecule has 0 radical (unpaired) electrons. The number of hydrogen-bond donors (Lipinski definition) is 2. The molecule has 5 heteroatoms. The molecular formula is C10H14ClNO2S. The van der Waals surface area contributed by atoms with Crippen LogP contribution in [0.3, 0.4) is 0 Å². The van der Waals surface area contributed by atoms with Crippen molar-refractivity contribution in [3.63, 3.8) is 0 Å². The monoisotopic (exact) mass is 247 g/mol. The third kappa shape index (κ3) is 4.11. The first-order valence-electron chi connectivity index (χ1n) is 4.35. The molecule has 0 amide bonds. The predicted molar refractivity (Wildman–Crippen MR) is 67.2 cm³/mol. The number of nitrogens with one attached hydrogen (secondary N) is 1. The van der Waals surface area contributed by atoms with Crippen LogP contribution in [0.5, 0.6) is 0 Å². The van der Waals surface area contributed by atoms with E-state index in [4.69, 9.17) is 11.6 Å². The maximum Gasteiger partial charge on any atom is 0.177 e. The highest BCUT2D eigenvalue weighted by molar-refractivity contribution is 8.29. The Balaban J connectivity index is 2.77. The highest BCUT2D eigenvalue weighted by atomic mass is 35.5. The zero-order valence-electron chi connectivity index (χ0n) is 8.66. The molecule has 3 nitrogen and oxygen atoms in total. The van der Waals surface area contributed by atoms with Gasteiger partial charge in [0.25, 0.3) is 0 Å². The molecule has 0 saturated heterocycles. The number of halogens is 1. The van der Waals surface area contributed by atoms with Crippen molar-refractivity contribution in [1.82, 2.24) is 0 Å². The van der Waals surface area contributed by atoms with Gasteiger partial charge in [-0.2, -0.15) is 0 Å². The summed E-state index contributed by atoms with van der Waals surface area (Å²) in [5.74, 6) is -0.109. The molecule has 0 aliphatic heterocycles. The van der Waals surface area contributed by atoms with Gasteiger partial charge in [0.1, 0.15) is 0 Å². The zero-order valence-corrected chi connectivity index (χ0v) is 10.2. The molecule has 0 aromatic heterocycles. The average molecular weight is 248 g/mol. The maximum absolute atomic E-state index is 11.2. The minimum absolute atomic E-state index is 0.0104. The Kier molecular flexibility index (Phi) is 4.02. The smallest absolute Gasteiger partial charge is 0.177 e. The van der Waals surface area contributed by atoms with Gasteiger partial charge >= 0.3 is 0 Å². The summed E-state index contributed by atoms with van der Waals surface area (Å²) in [6.45, 7) is 0. The predicted octanol–water partition coefficient (Wildman–Crippen LogP) is 2.97. The minimum Gasteiger partial charge on any atom is -0.334 e. The average Bonchev–Trinajstić information content (AvgIpc) is 2.15. The van der Waals surface area contributed by atoms with Crippen molar-refractivity contribution in [2.75, 3.05) is 23.1 Å². The van der Waals surface area contributed by atoms with E-state index in [-0.39, 0.29) is 11.7 Å². The van der Waals surface area contributed by atoms with E-state index < -0.39 is 10.5 Å². The van der Waals surface area contributed by atoms with Crippen LogP contribution in [0.25, 0.3) is 0 Å². The summed E-state index contributed by atoms with van der Waals surface area (Å²) >= 11 is 5.43. The quantitative estimate of drug-likeness (QED) is 0.635. The van der Waals surface area contributed by atoms with E-state index >= 15 is 0 Å². The Hall–Kier alpha value is -0.710. The molecule has 0 bridgehead atoms. The first-order valence-corrected chi connectivity index (χ1v) is 7.29. The number of rotatable bonds is 4. The first-order chi connectivity index (χ1) is 6.92. The highest BCUT2D eigenvalue weighted by Crippen LogP contribution is 2.34. The summed E-state index contributed by atoms with van der Waals surface area (Å²) in [4.78, 5) is 11.2. The van der Waals surface area contributed by atoms with Crippen LogP contribution in [0.4, 0.5) is 5.69 Å². The van der Waals surface area contributed by atoms with Crippen LogP contribution in [0.2, 0.25) is 0 Å². The van der Waals surface area contributed by atoms with Gasteiger partial charge in [0.15, 0.2) is 5.78 Å². The summed E-state index contributed by atoms with van der Waals surface area (Å²) in [5.41, 5.74) is 1.38. The molecule has 15 heavy (non-hydrogen) atoms. The van der Waals surface area contributed by atoms with Gasteiger partial charge in [-0.05, 0) is 24.3 Å². The van der Waals surface area contributed by atoms with Crippen molar-refractivity contribution >= 4 is 33.6 Å². The standard InChI is InChI=1S/C10H14ClNO2S/c1-15(2,14)12-9-5-3-8(4-6-9)10(13)7-11/h3-6,12,14H,7H2,1-2H3. The van der Waals surface area contributed by atoms with E-state index in [0.717, 1.165) is 5.69 Å². The number of alkyl halides is 1. The fourth-order valence-electron chi connectivity index (χ4n) is 1.09. The van der Waals surface area contributed by atoms with Crippen molar-refractivity contribution in [3.8, 4) is 0 Å². The molecule has 0 aliphatic carbocycles. The van der Waals surface area contributed by atoms with Gasteiger partial charge in [0.05, 0.1) is 5.88 Å². The Morgan fingerprint density at radius 3 is 2.33 bits per heavy atom. The van der Waals surface area contributed by atoms with E-state index in [1.165, 1.54) is 0 Å². The number of benzene rings is 1. The van der Waals surface area contributed by atoms with Crippen LogP contribution in [0.15, 0.2) is 24.3 Å². The number of ketones is 1. The van der Waals surface area contributed by atoms with E-state index in [2.05, 4.69) is 4.72 Å². The molecule has 0 atom stereocenters. The van der Waals surface area contributed by atoms with Crippen LogP contribution < -0.4 is 4.72 Å². The first kappa shape index (κ1) is 12.4. The number of hydrogen-bond acceptors (Lipinski definition) is 3. The van der Waals surface area contributed by atoms with E-state index in [1.54, 1.807) is 36.8 Å². The lowest BCUT2D eigenvalue weighted by molar-refractivity contribution is 0.102. The van der Waals surface area contributed by atoms with Crippen molar-refractivity contribution in [2.24, 2.45) is 0 Å². The summed E-state index contributed by atoms with van der Waals surface area (Å²) in [7, 11) is -1.78. The lowest BCUT2D eigenvalue weighted by Gasteiger charge is -2.26. The third-order valence-corrected chi connectivity index (χ3v) is 2.67. The molecule has 1 rings (SSSR count). The van der Waals surface area contributed by atoms with Crippen molar-refractivity contribution in [1.29, 1.82) is 0 Å². The maximum atomic E-state index is 11.2. The topological polar surface area (TPSA) is 49.3 Å². The molecule has 0 unspecified atom stereocenters. The molecule has 0 spiro atoms. The summed E-state index contributed by atoms with van der Waals surface area (Å²) in [6, 6.07) is 6.89. The fraction of sp³-hybridized carbons (Fsp3) is 0.300. The van der Waals surface area contributed by atoms with Gasteiger partial charge in [0, 0.05) is 23.8 Å². The molecule has 0 saturated carbocycles. The minimum atomic E-state index is -1.78. The van der Waals surface area contributed by atoms with Crippen molar-refractivity contribution in [2.45, 2.75) is 0 Å². The van der Waals surface area contributed by atoms with Crippen molar-refractivity contribution in [3.05, 3.63) is 29.8 Å². The zero-order chi connectivity index (χ0) is 11.5. The number of carbonyl (C=O) groups is 1. The summed E-state index contributed by atoms with van der Waals surface area (Å²) < 4.78 is 12.5. The Labute approximate surface area is 96.1 Å². The lowest BCUT2D eigenvalue weighted by atomic mass is 10.1. The number of carbonyl (C=O) groups excluding carboxylic acids is 1. The molecular weight excluding hydrogens is 234 g/mol. The Bertz CT molecular complexity index is 345. The van der Waals surface area contributed by atoms with Crippen molar-refractivity contribution < 1.29 is 9.35 Å². The highest BCUT2D eigenvalue weighted by Gasteiger charge is 2.07. The lowest BCUT2D eigenvalue weighted by Crippen LogP contribution is -2.06. The number of anilines is 1. The van der Waals surface area contributed by atoms with Crippen LogP contribution in [0, 0.1) is 0 Å². The molecule has 0 heterocycles. The summed E-state index contributed by atoms with van der Waals surface area (Å²) in [6.07, 6.45) is 3.45. The van der Waals surface area contributed by atoms with E-state index in [0.29, 0.717) is 5.56 Å². The summed E-state index contributed by atoms with van der Waals surface area (Å²) in [5, 5.41) is 0. The molecule has 84 valence electrons. The molecule has 0 aliphatic rings. The van der Waals surface area contributed by atoms with Crippen LogP contribution >= 0.6 is 22.1 Å². The van der Waals surface area contributed by atoms with Crippen LogP contribution in [-0.2, 0) is 0 Å². The molecule has 1 aromatic rings. The Morgan fingerprint density at radius 1 is 1.40 bits per heavy atom. The second-order valence-electron chi connectivity index (χ2n) is 3.51. The second-order valence-corrected chi connectivity index (χ2v) is 6.53. The normalized spacial score (nSPS) is 12.3. The van der Waals surface area contributed by atoms with Gasteiger partial charge in [-0.15, -0.1) is 11.6 Å². The van der Waals surface area contributed by atoms with Crippen LogP contribution in [0.1, 0.15) is 10.4 Å².